The van der Waals surface area contributed by atoms with Crippen LogP contribution in [0.1, 0.15) is 12.5 Å². The van der Waals surface area contributed by atoms with Gasteiger partial charge in [-0.25, -0.2) is 9.78 Å². The Kier molecular flexibility index (Phi) is 6.44. The lowest BCUT2D eigenvalue weighted by Crippen LogP contribution is -2.23. The number of nitrogens with zero attached hydrogens (tertiary/aromatic N) is 3. The Hall–Kier alpha value is -3.68. The van der Waals surface area contributed by atoms with E-state index >= 15 is 0 Å². The molecule has 0 saturated heterocycles. The summed E-state index contributed by atoms with van der Waals surface area (Å²) in [7, 11) is 0. The van der Waals surface area contributed by atoms with Gasteiger partial charge in [-0.15, -0.1) is 0 Å². The second kappa shape index (κ2) is 9.44. The molecule has 9 heteroatoms. The van der Waals surface area contributed by atoms with Crippen molar-refractivity contribution in [1.82, 2.24) is 9.66 Å². The number of carbonyl (C=O) groups is 1. The molecule has 0 saturated carbocycles. The van der Waals surface area contributed by atoms with Crippen LogP contribution in [-0.2, 0) is 4.79 Å². The summed E-state index contributed by atoms with van der Waals surface area (Å²) in [6.45, 7) is 1.37. The molecule has 166 valence electrons. The molecule has 1 N–H and O–H groups in total. The fourth-order valence-corrected chi connectivity index (χ4v) is 3.72. The second-order valence-corrected chi connectivity index (χ2v) is 7.91. The largest absolute Gasteiger partial charge is 0.479 e. The van der Waals surface area contributed by atoms with Gasteiger partial charge in [0.25, 0.3) is 5.56 Å². The number of carboxylic acids is 1. The molecule has 1 aromatic heterocycles. The molecule has 4 aromatic rings. The van der Waals surface area contributed by atoms with Crippen molar-refractivity contribution in [2.75, 3.05) is 0 Å². The molecule has 0 unspecified atom stereocenters. The molecular formula is C24H17Cl2N3O4. The summed E-state index contributed by atoms with van der Waals surface area (Å²) in [4.78, 5) is 28.9. The first kappa shape index (κ1) is 22.5. The van der Waals surface area contributed by atoms with E-state index < -0.39 is 12.1 Å². The highest BCUT2D eigenvalue weighted by atomic mass is 35.5. The number of fused-ring (bicyclic) bond motifs is 1. The van der Waals surface area contributed by atoms with Crippen LogP contribution in [0.4, 0.5) is 0 Å². The first-order valence-corrected chi connectivity index (χ1v) is 10.6. The molecule has 0 amide bonds. The minimum atomic E-state index is -1.15. The van der Waals surface area contributed by atoms with E-state index in [1.165, 1.54) is 29.9 Å². The lowest BCUT2D eigenvalue weighted by molar-refractivity contribution is -0.144. The number of carboxylic acid groups (broad SMARTS) is 1. The lowest BCUT2D eigenvalue weighted by Gasteiger charge is -2.14. The van der Waals surface area contributed by atoms with Crippen molar-refractivity contribution >= 4 is 46.3 Å². The molecule has 0 aliphatic rings. The molecule has 0 radical (unpaired) electrons. The fraction of sp³-hybridized carbons (Fsp3) is 0.0833. The summed E-state index contributed by atoms with van der Waals surface area (Å²) in [5.41, 5.74) is 1.44. The highest BCUT2D eigenvalue weighted by Gasteiger charge is 2.18. The smallest absolute Gasteiger partial charge is 0.344 e. The quantitative estimate of drug-likeness (QED) is 0.386. The monoisotopic (exact) mass is 481 g/mol. The van der Waals surface area contributed by atoms with E-state index in [-0.39, 0.29) is 21.4 Å². The highest BCUT2D eigenvalue weighted by Crippen LogP contribution is 2.34. The highest BCUT2D eigenvalue weighted by molar-refractivity contribution is 6.37. The van der Waals surface area contributed by atoms with E-state index in [1.54, 1.807) is 18.2 Å². The second-order valence-electron chi connectivity index (χ2n) is 7.09. The zero-order chi connectivity index (χ0) is 23.5. The van der Waals surface area contributed by atoms with E-state index in [0.29, 0.717) is 22.3 Å². The van der Waals surface area contributed by atoms with Crippen LogP contribution in [0, 0.1) is 0 Å². The molecule has 0 aliphatic heterocycles. The average Bonchev–Trinajstić information content (AvgIpc) is 2.81. The lowest BCUT2D eigenvalue weighted by atomic mass is 10.2. The molecule has 0 fully saturated rings. The minimum absolute atomic E-state index is 0.0555. The van der Waals surface area contributed by atoms with Gasteiger partial charge >= 0.3 is 5.97 Å². The Labute approximate surface area is 198 Å². The Morgan fingerprint density at radius 2 is 1.73 bits per heavy atom. The number of aromatic nitrogens is 2. The van der Waals surface area contributed by atoms with E-state index in [1.807, 2.05) is 36.4 Å². The summed E-state index contributed by atoms with van der Waals surface area (Å²) in [6, 6.07) is 19.3. The predicted molar refractivity (Wildman–Crippen MR) is 129 cm³/mol. The summed E-state index contributed by atoms with van der Waals surface area (Å²) in [5, 5.41) is 14.1. The van der Waals surface area contributed by atoms with Crippen molar-refractivity contribution in [3.8, 4) is 17.1 Å². The van der Waals surface area contributed by atoms with Crippen LogP contribution in [0.15, 0.2) is 76.6 Å². The van der Waals surface area contributed by atoms with E-state index in [0.717, 1.165) is 5.56 Å². The SMILES string of the molecule is C[C@@H](Oc1c(Cl)cc(C=Nn2c(-c3ccccc3)nc3ccccc3c2=O)cc1Cl)C(=O)O. The van der Waals surface area contributed by atoms with E-state index in [2.05, 4.69) is 10.1 Å². The number of aliphatic carboxylic acids is 1. The van der Waals surface area contributed by atoms with Crippen LogP contribution in [0.2, 0.25) is 10.0 Å². The van der Waals surface area contributed by atoms with Crippen molar-refractivity contribution in [2.45, 2.75) is 13.0 Å². The van der Waals surface area contributed by atoms with E-state index in [4.69, 9.17) is 33.0 Å². The van der Waals surface area contributed by atoms with Gasteiger partial charge in [0.1, 0.15) is 0 Å². The number of benzene rings is 3. The number of halogens is 2. The van der Waals surface area contributed by atoms with Gasteiger partial charge in [0.05, 0.1) is 27.2 Å². The molecule has 33 heavy (non-hydrogen) atoms. The molecule has 1 atom stereocenters. The Balaban J connectivity index is 1.79. The van der Waals surface area contributed by atoms with Crippen LogP contribution in [0.25, 0.3) is 22.3 Å². The van der Waals surface area contributed by atoms with E-state index in [9.17, 15) is 9.59 Å². The van der Waals surface area contributed by atoms with Crippen molar-refractivity contribution in [3.05, 3.63) is 92.7 Å². The Morgan fingerprint density at radius 1 is 1.09 bits per heavy atom. The van der Waals surface area contributed by atoms with Gasteiger partial charge in [-0.2, -0.15) is 9.78 Å². The maximum absolute atomic E-state index is 13.2. The number of rotatable bonds is 6. The first-order valence-electron chi connectivity index (χ1n) is 9.85. The predicted octanol–water partition coefficient (Wildman–Crippen LogP) is 5.10. The van der Waals surface area contributed by atoms with Crippen LogP contribution in [0.5, 0.6) is 5.75 Å². The van der Waals surface area contributed by atoms with Crippen molar-refractivity contribution in [3.63, 3.8) is 0 Å². The van der Waals surface area contributed by atoms with Crippen LogP contribution in [-0.4, -0.2) is 33.1 Å². The van der Waals surface area contributed by atoms with Gasteiger partial charge in [0.2, 0.25) is 0 Å². The zero-order valence-electron chi connectivity index (χ0n) is 17.3. The zero-order valence-corrected chi connectivity index (χ0v) is 18.8. The molecule has 0 bridgehead atoms. The average molecular weight is 482 g/mol. The molecule has 4 rings (SSSR count). The topological polar surface area (TPSA) is 93.8 Å². The fourth-order valence-electron chi connectivity index (χ4n) is 3.12. The van der Waals surface area contributed by atoms with Gasteiger partial charge in [-0.3, -0.25) is 4.79 Å². The number of ether oxygens (including phenoxy) is 1. The molecular weight excluding hydrogens is 465 g/mol. The molecule has 1 heterocycles. The van der Waals surface area contributed by atoms with Crippen molar-refractivity contribution < 1.29 is 14.6 Å². The van der Waals surface area contributed by atoms with Crippen molar-refractivity contribution in [2.24, 2.45) is 5.10 Å². The Bertz CT molecular complexity index is 1410. The van der Waals surface area contributed by atoms with Gasteiger partial charge in [0, 0.05) is 5.56 Å². The third kappa shape index (κ3) is 4.74. The summed E-state index contributed by atoms with van der Waals surface area (Å²) in [6.07, 6.45) is 0.294. The van der Waals surface area contributed by atoms with Crippen molar-refractivity contribution in [1.29, 1.82) is 0 Å². The summed E-state index contributed by atoms with van der Waals surface area (Å²) < 4.78 is 6.54. The maximum atomic E-state index is 13.2. The standard InChI is InChI=1S/C24H17Cl2N3O4/c1-14(24(31)32)33-21-18(25)11-15(12-19(21)26)13-27-29-22(16-7-3-2-4-8-16)28-20-10-6-5-9-17(20)23(29)30/h2-14H,1H3,(H,31,32)/t14-/m1/s1. The Morgan fingerprint density at radius 3 is 2.39 bits per heavy atom. The number of para-hydroxylation sites is 1. The minimum Gasteiger partial charge on any atom is -0.479 e. The third-order valence-electron chi connectivity index (χ3n) is 4.77. The summed E-state index contributed by atoms with van der Waals surface area (Å²) in [5.74, 6) is -0.715. The van der Waals surface area contributed by atoms with Gasteiger partial charge in [-0.05, 0) is 36.8 Å². The van der Waals surface area contributed by atoms with Crippen LogP contribution < -0.4 is 10.3 Å². The molecule has 0 aliphatic carbocycles. The van der Waals surface area contributed by atoms with Gasteiger partial charge in [0.15, 0.2) is 17.7 Å². The van der Waals surface area contributed by atoms with Gasteiger partial charge < -0.3 is 9.84 Å². The maximum Gasteiger partial charge on any atom is 0.344 e. The van der Waals surface area contributed by atoms with Gasteiger partial charge in [-0.1, -0.05) is 65.7 Å². The third-order valence-corrected chi connectivity index (χ3v) is 5.33. The first-order chi connectivity index (χ1) is 15.8. The van der Waals surface area contributed by atoms with Crippen LogP contribution >= 0.6 is 23.2 Å². The normalized spacial score (nSPS) is 12.2. The molecule has 3 aromatic carbocycles. The summed E-state index contributed by atoms with van der Waals surface area (Å²) >= 11 is 12.5. The number of hydrogen-bond acceptors (Lipinski definition) is 5. The molecule has 0 spiro atoms. The number of hydrogen-bond donors (Lipinski definition) is 1. The van der Waals surface area contributed by atoms with Crippen LogP contribution in [0.3, 0.4) is 0 Å². The molecule has 7 nitrogen and oxygen atoms in total.